The van der Waals surface area contributed by atoms with Gasteiger partial charge in [0.2, 0.25) is 5.95 Å². The van der Waals surface area contributed by atoms with Gasteiger partial charge in [0.1, 0.15) is 0 Å². The van der Waals surface area contributed by atoms with Crippen LogP contribution < -0.4 is 10.2 Å². The van der Waals surface area contributed by atoms with Crippen molar-refractivity contribution in [2.24, 2.45) is 0 Å². The number of benzene rings is 1. The van der Waals surface area contributed by atoms with Gasteiger partial charge in [-0.2, -0.15) is 0 Å². The molecule has 29 heavy (non-hydrogen) atoms. The summed E-state index contributed by atoms with van der Waals surface area (Å²) in [4.78, 5) is 13.9. The molecule has 5 rings (SSSR count). The van der Waals surface area contributed by atoms with Gasteiger partial charge in [-0.25, -0.2) is 9.97 Å². The minimum atomic E-state index is 0.589. The summed E-state index contributed by atoms with van der Waals surface area (Å²) in [5.74, 6) is 0.589. The zero-order valence-electron chi connectivity index (χ0n) is 16.2. The highest BCUT2D eigenvalue weighted by Gasteiger charge is 2.26. The van der Waals surface area contributed by atoms with Crippen LogP contribution in [-0.2, 0) is 4.74 Å². The van der Waals surface area contributed by atoms with Gasteiger partial charge >= 0.3 is 0 Å². The van der Waals surface area contributed by atoms with E-state index in [-0.39, 0.29) is 0 Å². The molecule has 2 saturated heterocycles. The first-order valence-corrected chi connectivity index (χ1v) is 11.4. The summed E-state index contributed by atoms with van der Waals surface area (Å²) in [5.41, 5.74) is 2.96. The van der Waals surface area contributed by atoms with Crippen LogP contribution in [-0.4, -0.2) is 60.3 Å². The Morgan fingerprint density at radius 3 is 2.72 bits per heavy atom. The van der Waals surface area contributed by atoms with Gasteiger partial charge in [-0.05, 0) is 42.5 Å². The van der Waals surface area contributed by atoms with Crippen LogP contribution >= 0.6 is 22.9 Å². The summed E-state index contributed by atoms with van der Waals surface area (Å²) in [6.45, 7) is 5.92. The molecule has 0 amide bonds. The second kappa shape index (κ2) is 8.44. The largest absolute Gasteiger partial charge is 0.379 e. The van der Waals surface area contributed by atoms with Crippen LogP contribution in [0, 0.1) is 0 Å². The van der Waals surface area contributed by atoms with Crippen LogP contribution in [0.25, 0.3) is 10.2 Å². The molecule has 0 radical (unpaired) electrons. The Bertz CT molecular complexity index is 982. The summed E-state index contributed by atoms with van der Waals surface area (Å²) in [6.07, 6.45) is 4.19. The quantitative estimate of drug-likeness (QED) is 0.663. The zero-order chi connectivity index (χ0) is 19.6. The average molecular weight is 430 g/mol. The lowest BCUT2D eigenvalue weighted by atomic mass is 10.0. The van der Waals surface area contributed by atoms with Crippen LogP contribution in [0.3, 0.4) is 0 Å². The highest BCUT2D eigenvalue weighted by atomic mass is 35.5. The van der Waals surface area contributed by atoms with E-state index in [9.17, 15) is 0 Å². The molecular weight excluding hydrogens is 406 g/mol. The number of morpholine rings is 1. The Kier molecular flexibility index (Phi) is 5.54. The molecule has 6 nitrogen and oxygen atoms in total. The third-order valence-electron chi connectivity index (χ3n) is 5.77. The van der Waals surface area contributed by atoms with Crippen LogP contribution in [0.15, 0.2) is 35.8 Å². The molecular formula is C21H24ClN5OS. The first-order chi connectivity index (χ1) is 14.3. The van der Waals surface area contributed by atoms with Gasteiger partial charge in [0.05, 0.1) is 40.3 Å². The van der Waals surface area contributed by atoms with Crippen LogP contribution in [0.1, 0.15) is 12.8 Å². The van der Waals surface area contributed by atoms with Gasteiger partial charge in [0.15, 0.2) is 0 Å². The number of hydrogen-bond donors (Lipinski definition) is 1. The molecule has 2 aliphatic rings. The number of anilines is 3. The van der Waals surface area contributed by atoms with Crippen molar-refractivity contribution >= 4 is 50.5 Å². The number of thiophene rings is 1. The van der Waals surface area contributed by atoms with Gasteiger partial charge in [0, 0.05) is 37.9 Å². The summed E-state index contributed by atoms with van der Waals surface area (Å²) >= 11 is 8.29. The number of halogens is 1. The van der Waals surface area contributed by atoms with E-state index in [1.807, 2.05) is 23.7 Å². The van der Waals surface area contributed by atoms with Gasteiger partial charge in [-0.1, -0.05) is 11.6 Å². The summed E-state index contributed by atoms with van der Waals surface area (Å²) in [5, 5.41) is 6.05. The molecule has 1 aromatic carbocycles. The molecule has 8 heteroatoms. The van der Waals surface area contributed by atoms with Gasteiger partial charge < -0.3 is 15.0 Å². The number of fused-ring (bicyclic) bond motifs is 1. The number of piperidine rings is 1. The minimum absolute atomic E-state index is 0.589. The minimum Gasteiger partial charge on any atom is -0.379 e. The van der Waals surface area contributed by atoms with Crippen LogP contribution in [0.5, 0.6) is 0 Å². The van der Waals surface area contributed by atoms with Crippen molar-refractivity contribution in [3.8, 4) is 0 Å². The lowest BCUT2D eigenvalue weighted by Crippen LogP contribution is -2.49. The fourth-order valence-electron chi connectivity index (χ4n) is 4.21. The third-order valence-corrected chi connectivity index (χ3v) is 6.92. The molecule has 0 atom stereocenters. The molecule has 2 aliphatic heterocycles. The highest BCUT2D eigenvalue weighted by molar-refractivity contribution is 7.17. The summed E-state index contributed by atoms with van der Waals surface area (Å²) < 4.78 is 6.57. The maximum atomic E-state index is 6.64. The zero-order valence-corrected chi connectivity index (χ0v) is 17.8. The molecule has 2 aromatic heterocycles. The molecule has 2 fully saturated rings. The second-order valence-corrected chi connectivity index (χ2v) is 8.88. The molecule has 0 saturated carbocycles. The first-order valence-electron chi connectivity index (χ1n) is 10.1. The van der Waals surface area contributed by atoms with Crippen molar-refractivity contribution in [3.63, 3.8) is 0 Å². The predicted molar refractivity (Wildman–Crippen MR) is 120 cm³/mol. The van der Waals surface area contributed by atoms with E-state index in [1.165, 1.54) is 12.8 Å². The summed E-state index contributed by atoms with van der Waals surface area (Å²) in [6, 6.07) is 8.79. The smallest absolute Gasteiger partial charge is 0.227 e. The Hall–Kier alpha value is -1.93. The van der Waals surface area contributed by atoms with E-state index in [0.717, 1.165) is 66.0 Å². The SMILES string of the molecule is Clc1cc(Nc2ncc3sccc3n2)ccc1N1CCC(N2CCOCC2)CC1. The monoisotopic (exact) mass is 429 g/mol. The fraction of sp³-hybridized carbons (Fsp3) is 0.429. The Balaban J connectivity index is 1.24. The van der Waals surface area contributed by atoms with E-state index in [4.69, 9.17) is 16.3 Å². The van der Waals surface area contributed by atoms with Crippen molar-refractivity contribution in [2.75, 3.05) is 49.6 Å². The number of hydrogen-bond acceptors (Lipinski definition) is 7. The molecule has 4 heterocycles. The van der Waals surface area contributed by atoms with Crippen molar-refractivity contribution in [1.82, 2.24) is 14.9 Å². The Labute approximate surface area is 179 Å². The molecule has 0 unspecified atom stereocenters. The van der Waals surface area contributed by atoms with E-state index in [1.54, 1.807) is 11.3 Å². The maximum Gasteiger partial charge on any atom is 0.227 e. The van der Waals surface area contributed by atoms with Crippen LogP contribution in [0.2, 0.25) is 5.02 Å². The summed E-state index contributed by atoms with van der Waals surface area (Å²) in [7, 11) is 0. The maximum absolute atomic E-state index is 6.64. The number of ether oxygens (including phenoxy) is 1. The van der Waals surface area contributed by atoms with E-state index in [2.05, 4.69) is 37.2 Å². The fourth-order valence-corrected chi connectivity index (χ4v) is 5.20. The normalized spacial score (nSPS) is 19.0. The first kappa shape index (κ1) is 19.1. The third kappa shape index (κ3) is 4.19. The molecule has 0 aliphatic carbocycles. The van der Waals surface area contributed by atoms with E-state index >= 15 is 0 Å². The molecule has 3 aromatic rings. The number of nitrogens with zero attached hydrogens (tertiary/aromatic N) is 4. The average Bonchev–Trinajstić information content (AvgIpc) is 3.23. The number of nitrogens with one attached hydrogen (secondary N) is 1. The number of rotatable bonds is 4. The lowest BCUT2D eigenvalue weighted by molar-refractivity contribution is 0.0115. The van der Waals surface area contributed by atoms with Crippen molar-refractivity contribution in [3.05, 3.63) is 40.9 Å². The van der Waals surface area contributed by atoms with Crippen LogP contribution in [0.4, 0.5) is 17.3 Å². The van der Waals surface area contributed by atoms with Crippen molar-refractivity contribution < 1.29 is 4.74 Å². The number of aromatic nitrogens is 2. The molecule has 0 spiro atoms. The van der Waals surface area contributed by atoms with Gasteiger partial charge in [-0.15, -0.1) is 11.3 Å². The molecule has 1 N–H and O–H groups in total. The van der Waals surface area contributed by atoms with E-state index < -0.39 is 0 Å². The van der Waals surface area contributed by atoms with Crippen molar-refractivity contribution in [1.29, 1.82) is 0 Å². The van der Waals surface area contributed by atoms with Gasteiger partial charge in [-0.3, -0.25) is 4.90 Å². The highest BCUT2D eigenvalue weighted by Crippen LogP contribution is 2.32. The predicted octanol–water partition coefficient (Wildman–Crippen LogP) is 4.39. The molecule has 152 valence electrons. The Morgan fingerprint density at radius 1 is 1.10 bits per heavy atom. The Morgan fingerprint density at radius 2 is 1.93 bits per heavy atom. The second-order valence-electron chi connectivity index (χ2n) is 7.52. The molecule has 0 bridgehead atoms. The van der Waals surface area contributed by atoms with E-state index in [0.29, 0.717) is 12.0 Å². The van der Waals surface area contributed by atoms with Crippen molar-refractivity contribution in [2.45, 2.75) is 18.9 Å². The van der Waals surface area contributed by atoms with Gasteiger partial charge in [0.25, 0.3) is 0 Å². The standard InChI is InChI=1S/C21H24ClN5OS/c22-17-13-15(24-21-23-14-20-18(25-21)5-12-29-20)1-2-19(17)27-6-3-16(4-7-27)26-8-10-28-11-9-26/h1-2,5,12-14,16H,3-4,6-11H2,(H,23,24,25). The topological polar surface area (TPSA) is 53.5 Å². The lowest BCUT2D eigenvalue weighted by Gasteiger charge is -2.41.